The van der Waals surface area contributed by atoms with Gasteiger partial charge in [-0.2, -0.15) is 0 Å². The number of amides is 1. The molecule has 1 aliphatic heterocycles. The summed E-state index contributed by atoms with van der Waals surface area (Å²) in [4.78, 5) is 12.0. The van der Waals surface area contributed by atoms with Crippen molar-refractivity contribution in [2.75, 3.05) is 18.7 Å². The second-order valence-electron chi connectivity index (χ2n) is 5.53. The lowest BCUT2D eigenvalue weighted by atomic mass is 10.1. The van der Waals surface area contributed by atoms with Gasteiger partial charge in [0, 0.05) is 31.3 Å². The van der Waals surface area contributed by atoms with Crippen LogP contribution in [0.1, 0.15) is 17.5 Å². The number of hydrogen-bond acceptors (Lipinski definition) is 4. The Morgan fingerprint density at radius 3 is 2.87 bits per heavy atom. The van der Waals surface area contributed by atoms with Crippen LogP contribution < -0.4 is 20.1 Å². The van der Waals surface area contributed by atoms with Crippen molar-refractivity contribution in [3.63, 3.8) is 0 Å². The summed E-state index contributed by atoms with van der Waals surface area (Å²) in [5.74, 6) is 1.35. The Bertz CT molecular complexity index is 700. The Morgan fingerprint density at radius 2 is 2.00 bits per heavy atom. The van der Waals surface area contributed by atoms with E-state index in [1.807, 2.05) is 12.1 Å². The first-order valence-corrected chi connectivity index (χ1v) is 7.66. The first-order chi connectivity index (χ1) is 11.2. The minimum Gasteiger partial charge on any atom is -0.454 e. The van der Waals surface area contributed by atoms with Gasteiger partial charge in [-0.15, -0.1) is 0 Å². The van der Waals surface area contributed by atoms with Gasteiger partial charge >= 0.3 is 0 Å². The number of carbonyl (C=O) groups excluding carboxylic acids is 1. The van der Waals surface area contributed by atoms with Crippen molar-refractivity contribution in [2.24, 2.45) is 0 Å². The van der Waals surface area contributed by atoms with Crippen molar-refractivity contribution in [1.82, 2.24) is 5.32 Å². The third kappa shape index (κ3) is 4.23. The molecule has 0 aliphatic carbocycles. The number of nitrogens with one attached hydrogen (secondary N) is 2. The Kier molecular flexibility index (Phi) is 4.78. The van der Waals surface area contributed by atoms with Gasteiger partial charge in [0.05, 0.1) is 0 Å². The molecule has 0 saturated carbocycles. The average Bonchev–Trinajstić information content (AvgIpc) is 2.99. The van der Waals surface area contributed by atoms with Crippen molar-refractivity contribution in [1.29, 1.82) is 0 Å². The highest BCUT2D eigenvalue weighted by Crippen LogP contribution is 2.34. The third-order valence-corrected chi connectivity index (χ3v) is 3.60. The highest BCUT2D eigenvalue weighted by molar-refractivity contribution is 5.91. The molecule has 2 aromatic rings. The molecular formula is C18H20N2O3. The van der Waals surface area contributed by atoms with Gasteiger partial charge in [0.2, 0.25) is 12.7 Å². The fraction of sp³-hybridized carbons (Fsp3) is 0.278. The molecule has 120 valence electrons. The quantitative estimate of drug-likeness (QED) is 0.805. The number of carbonyl (C=O) groups is 1. The van der Waals surface area contributed by atoms with Crippen LogP contribution in [0.3, 0.4) is 0 Å². The zero-order valence-corrected chi connectivity index (χ0v) is 13.1. The summed E-state index contributed by atoms with van der Waals surface area (Å²) in [6.45, 7) is 3.70. The minimum atomic E-state index is -0.0272. The molecule has 0 fully saturated rings. The molecule has 5 nitrogen and oxygen atoms in total. The van der Waals surface area contributed by atoms with Crippen molar-refractivity contribution in [2.45, 2.75) is 19.9 Å². The van der Waals surface area contributed by atoms with Crippen molar-refractivity contribution in [3.05, 3.63) is 53.6 Å². The van der Waals surface area contributed by atoms with Crippen LogP contribution in [-0.4, -0.2) is 19.2 Å². The average molecular weight is 312 g/mol. The maximum Gasteiger partial charge on any atom is 0.231 e. The van der Waals surface area contributed by atoms with Crippen molar-refractivity contribution >= 4 is 11.6 Å². The molecular weight excluding hydrogens is 292 g/mol. The Hall–Kier alpha value is -2.53. The van der Waals surface area contributed by atoms with E-state index in [0.717, 1.165) is 12.2 Å². The summed E-state index contributed by atoms with van der Waals surface area (Å²) >= 11 is 0. The summed E-state index contributed by atoms with van der Waals surface area (Å²) in [6.07, 6.45) is 0.417. The second-order valence-corrected chi connectivity index (χ2v) is 5.53. The van der Waals surface area contributed by atoms with E-state index in [1.165, 1.54) is 11.1 Å². The molecule has 1 aliphatic rings. The zero-order chi connectivity index (χ0) is 16.1. The molecule has 1 heterocycles. The molecule has 5 heteroatoms. The number of anilines is 1. The summed E-state index contributed by atoms with van der Waals surface area (Å²) in [5, 5.41) is 6.15. The van der Waals surface area contributed by atoms with Crippen LogP contribution in [-0.2, 0) is 11.3 Å². The summed E-state index contributed by atoms with van der Waals surface area (Å²) in [5.41, 5.74) is 3.18. The van der Waals surface area contributed by atoms with E-state index in [9.17, 15) is 4.79 Å². The van der Waals surface area contributed by atoms with Gasteiger partial charge < -0.3 is 20.1 Å². The lowest BCUT2D eigenvalue weighted by Gasteiger charge is -2.08. The van der Waals surface area contributed by atoms with Crippen LogP contribution in [0.15, 0.2) is 42.5 Å². The smallest absolute Gasteiger partial charge is 0.231 e. The molecule has 0 atom stereocenters. The minimum absolute atomic E-state index is 0.0272. The Balaban J connectivity index is 1.41. The molecule has 2 aromatic carbocycles. The Morgan fingerprint density at radius 1 is 1.13 bits per heavy atom. The van der Waals surface area contributed by atoms with E-state index < -0.39 is 0 Å². The molecule has 0 spiro atoms. The predicted octanol–water partition coefficient (Wildman–Crippen LogP) is 2.84. The van der Waals surface area contributed by atoms with Crippen LogP contribution >= 0.6 is 0 Å². The van der Waals surface area contributed by atoms with Gasteiger partial charge in [-0.1, -0.05) is 29.8 Å². The highest BCUT2D eigenvalue weighted by atomic mass is 16.7. The van der Waals surface area contributed by atoms with E-state index in [-0.39, 0.29) is 12.7 Å². The van der Waals surface area contributed by atoms with Gasteiger partial charge in [0.15, 0.2) is 11.5 Å². The van der Waals surface area contributed by atoms with Crippen LogP contribution in [0.25, 0.3) is 0 Å². The second kappa shape index (κ2) is 7.15. The van der Waals surface area contributed by atoms with Crippen molar-refractivity contribution in [3.8, 4) is 11.5 Å². The zero-order valence-electron chi connectivity index (χ0n) is 13.1. The topological polar surface area (TPSA) is 59.6 Å². The molecule has 0 radical (unpaired) electrons. The molecule has 1 amide bonds. The summed E-state index contributed by atoms with van der Waals surface area (Å²) in [7, 11) is 0. The number of rotatable bonds is 6. The van der Waals surface area contributed by atoms with Crippen LogP contribution in [0.4, 0.5) is 5.69 Å². The van der Waals surface area contributed by atoms with Crippen LogP contribution in [0, 0.1) is 6.92 Å². The molecule has 0 aromatic heterocycles. The number of aryl methyl sites for hydroxylation is 1. The SMILES string of the molecule is Cc1cccc(CNCCC(=O)Nc2ccc3c(c2)OCO3)c1. The van der Waals surface area contributed by atoms with Crippen LogP contribution in [0.2, 0.25) is 0 Å². The lowest BCUT2D eigenvalue weighted by molar-refractivity contribution is -0.116. The fourth-order valence-corrected chi connectivity index (χ4v) is 2.45. The number of fused-ring (bicyclic) bond motifs is 1. The monoisotopic (exact) mass is 312 g/mol. The molecule has 0 saturated heterocycles. The van der Waals surface area contributed by atoms with Gasteiger partial charge in [-0.3, -0.25) is 4.79 Å². The third-order valence-electron chi connectivity index (χ3n) is 3.60. The van der Waals surface area contributed by atoms with E-state index in [2.05, 4.69) is 35.8 Å². The first kappa shape index (κ1) is 15.4. The number of hydrogen-bond donors (Lipinski definition) is 2. The van der Waals surface area contributed by atoms with Gasteiger partial charge in [-0.05, 0) is 24.6 Å². The van der Waals surface area contributed by atoms with Gasteiger partial charge in [0.1, 0.15) is 0 Å². The van der Waals surface area contributed by atoms with Crippen molar-refractivity contribution < 1.29 is 14.3 Å². The van der Waals surface area contributed by atoms with Gasteiger partial charge in [-0.25, -0.2) is 0 Å². The standard InChI is InChI=1S/C18H20N2O3/c1-13-3-2-4-14(9-13)11-19-8-7-18(21)20-15-5-6-16-17(10-15)23-12-22-16/h2-6,9-10,19H,7-8,11-12H2,1H3,(H,20,21). The molecule has 3 rings (SSSR count). The maximum atomic E-state index is 12.0. The van der Waals surface area contributed by atoms with E-state index in [4.69, 9.17) is 9.47 Å². The summed E-state index contributed by atoms with van der Waals surface area (Å²) in [6, 6.07) is 13.7. The largest absolute Gasteiger partial charge is 0.454 e. The summed E-state index contributed by atoms with van der Waals surface area (Å²) < 4.78 is 10.5. The number of ether oxygens (including phenoxy) is 2. The predicted molar refractivity (Wildman–Crippen MR) is 88.7 cm³/mol. The van der Waals surface area contributed by atoms with E-state index in [0.29, 0.717) is 24.5 Å². The van der Waals surface area contributed by atoms with E-state index >= 15 is 0 Å². The maximum absolute atomic E-state index is 12.0. The molecule has 0 bridgehead atoms. The van der Waals surface area contributed by atoms with Crippen LogP contribution in [0.5, 0.6) is 11.5 Å². The Labute approximate surface area is 135 Å². The van der Waals surface area contributed by atoms with E-state index in [1.54, 1.807) is 12.1 Å². The van der Waals surface area contributed by atoms with Gasteiger partial charge in [0.25, 0.3) is 0 Å². The lowest BCUT2D eigenvalue weighted by Crippen LogP contribution is -2.21. The first-order valence-electron chi connectivity index (χ1n) is 7.66. The number of benzene rings is 2. The normalized spacial score (nSPS) is 12.2. The fourth-order valence-electron chi connectivity index (χ4n) is 2.45. The highest BCUT2D eigenvalue weighted by Gasteiger charge is 2.13. The molecule has 23 heavy (non-hydrogen) atoms. The molecule has 0 unspecified atom stereocenters. The molecule has 2 N–H and O–H groups in total.